The second-order valence-electron chi connectivity index (χ2n) is 8.56. The molecule has 8 heteroatoms. The van der Waals surface area contributed by atoms with Crippen molar-refractivity contribution in [2.45, 2.75) is 43.9 Å². The molecule has 1 aliphatic rings. The number of para-hydroxylation sites is 1. The standard InChI is InChI=1S/C27H28ClNO6/c1-16(29-35-21-5-3-2-4-6-21)18-9-7-17(8-10-18)13-20-14-19(11-12-22(20)28)27-26(33)25(32)24(31)23(15-30)34-27/h2-12,14,23-27,30-33H,13,15H2,1H3/t23-,24-,25+,26-,27+/m1/s1. The maximum Gasteiger partial charge on any atom is 0.157 e. The van der Waals surface area contributed by atoms with Crippen molar-refractivity contribution in [2.75, 3.05) is 6.61 Å². The first-order chi connectivity index (χ1) is 16.9. The average Bonchev–Trinajstić information content (AvgIpc) is 2.88. The van der Waals surface area contributed by atoms with Gasteiger partial charge in [0.25, 0.3) is 0 Å². The molecule has 35 heavy (non-hydrogen) atoms. The van der Waals surface area contributed by atoms with Gasteiger partial charge in [-0.25, -0.2) is 0 Å². The third-order valence-electron chi connectivity index (χ3n) is 6.09. The van der Waals surface area contributed by atoms with Gasteiger partial charge in [0.2, 0.25) is 0 Å². The summed E-state index contributed by atoms with van der Waals surface area (Å²) >= 11 is 6.44. The molecule has 4 rings (SSSR count). The van der Waals surface area contributed by atoms with Gasteiger partial charge < -0.3 is 30.0 Å². The number of aliphatic hydroxyl groups excluding tert-OH is 4. The first-order valence-electron chi connectivity index (χ1n) is 11.3. The third-order valence-corrected chi connectivity index (χ3v) is 6.46. The highest BCUT2D eigenvalue weighted by molar-refractivity contribution is 6.31. The fourth-order valence-electron chi connectivity index (χ4n) is 4.02. The molecule has 0 aliphatic carbocycles. The quantitative estimate of drug-likeness (QED) is 0.294. The second-order valence-corrected chi connectivity index (χ2v) is 8.96. The molecule has 0 bridgehead atoms. The molecule has 1 fully saturated rings. The summed E-state index contributed by atoms with van der Waals surface area (Å²) in [5, 5.41) is 44.8. The Hall–Kier alpha value is -2.78. The summed E-state index contributed by atoms with van der Waals surface area (Å²) in [5.74, 6) is 0.664. The van der Waals surface area contributed by atoms with E-state index in [1.807, 2.05) is 67.6 Å². The van der Waals surface area contributed by atoms with Crippen molar-refractivity contribution in [3.05, 3.63) is 100 Å². The second kappa shape index (κ2) is 11.3. The number of hydrogen-bond donors (Lipinski definition) is 4. The Bertz CT molecular complexity index is 1150. The van der Waals surface area contributed by atoms with Crippen LogP contribution in [0, 0.1) is 0 Å². The van der Waals surface area contributed by atoms with Crippen LogP contribution in [0.5, 0.6) is 5.75 Å². The topological polar surface area (TPSA) is 112 Å². The zero-order valence-electron chi connectivity index (χ0n) is 19.2. The normalized spacial score (nSPS) is 24.9. The molecule has 4 N–H and O–H groups in total. The lowest BCUT2D eigenvalue weighted by atomic mass is 9.90. The highest BCUT2D eigenvalue weighted by Gasteiger charge is 2.44. The van der Waals surface area contributed by atoms with Crippen LogP contribution in [0.15, 0.2) is 78.0 Å². The Balaban J connectivity index is 1.48. The molecule has 1 heterocycles. The summed E-state index contributed by atoms with van der Waals surface area (Å²) in [5.41, 5.74) is 4.08. The van der Waals surface area contributed by atoms with Crippen molar-refractivity contribution in [1.29, 1.82) is 0 Å². The molecule has 5 atom stereocenters. The van der Waals surface area contributed by atoms with Crippen molar-refractivity contribution in [3.63, 3.8) is 0 Å². The average molecular weight is 498 g/mol. The van der Waals surface area contributed by atoms with E-state index >= 15 is 0 Å². The fraction of sp³-hybridized carbons (Fsp3) is 0.296. The predicted octanol–water partition coefficient (Wildman–Crippen LogP) is 3.25. The molecule has 0 saturated carbocycles. The van der Waals surface area contributed by atoms with E-state index < -0.39 is 37.1 Å². The first-order valence-corrected chi connectivity index (χ1v) is 11.7. The zero-order valence-corrected chi connectivity index (χ0v) is 19.9. The lowest BCUT2D eigenvalue weighted by Gasteiger charge is -2.40. The summed E-state index contributed by atoms with van der Waals surface area (Å²) in [6, 6.07) is 22.4. The van der Waals surface area contributed by atoms with Crippen molar-refractivity contribution in [3.8, 4) is 5.75 Å². The third kappa shape index (κ3) is 5.90. The van der Waals surface area contributed by atoms with E-state index in [0.717, 1.165) is 22.4 Å². The van der Waals surface area contributed by atoms with Gasteiger partial charge >= 0.3 is 0 Å². The largest absolute Gasteiger partial charge is 0.394 e. The number of nitrogens with zero attached hydrogens (tertiary/aromatic N) is 1. The minimum Gasteiger partial charge on any atom is -0.394 e. The van der Waals surface area contributed by atoms with Gasteiger partial charge in [-0.3, -0.25) is 0 Å². The SMILES string of the molecule is CC(=NOc1ccccc1)c1ccc(Cc2cc([C@@H]3O[C@H](CO)[C@@H](O)[C@H](O)[C@H]3O)ccc2Cl)cc1. The fourth-order valence-corrected chi connectivity index (χ4v) is 4.21. The van der Waals surface area contributed by atoms with Gasteiger partial charge in [0, 0.05) is 5.02 Å². The van der Waals surface area contributed by atoms with E-state index in [2.05, 4.69) is 5.16 Å². The molecule has 3 aromatic rings. The Morgan fingerprint density at radius 1 is 0.943 bits per heavy atom. The maximum atomic E-state index is 10.5. The van der Waals surface area contributed by atoms with Crippen LogP contribution >= 0.6 is 11.6 Å². The van der Waals surface area contributed by atoms with Gasteiger partial charge in [-0.15, -0.1) is 0 Å². The number of benzene rings is 3. The molecule has 0 radical (unpaired) electrons. The van der Waals surface area contributed by atoms with Crippen molar-refractivity contribution >= 4 is 17.3 Å². The van der Waals surface area contributed by atoms with Crippen LogP contribution in [0.4, 0.5) is 0 Å². The molecule has 0 aromatic heterocycles. The minimum absolute atomic E-state index is 0.479. The monoisotopic (exact) mass is 497 g/mol. The van der Waals surface area contributed by atoms with Crippen molar-refractivity contribution < 1.29 is 30.0 Å². The number of rotatable bonds is 7. The predicted molar refractivity (Wildman–Crippen MR) is 133 cm³/mol. The Kier molecular flexibility index (Phi) is 8.18. The molecule has 0 amide bonds. The number of oxime groups is 1. The van der Waals surface area contributed by atoms with Gasteiger partial charge in [0.05, 0.1) is 12.3 Å². The van der Waals surface area contributed by atoms with E-state index in [1.54, 1.807) is 12.1 Å². The summed E-state index contributed by atoms with van der Waals surface area (Å²) in [7, 11) is 0. The smallest absolute Gasteiger partial charge is 0.157 e. The number of ether oxygens (including phenoxy) is 1. The van der Waals surface area contributed by atoms with E-state index in [-0.39, 0.29) is 0 Å². The van der Waals surface area contributed by atoms with Crippen LogP contribution in [0.25, 0.3) is 0 Å². The van der Waals surface area contributed by atoms with Crippen molar-refractivity contribution in [2.24, 2.45) is 5.16 Å². The number of halogens is 1. The Morgan fingerprint density at radius 3 is 2.34 bits per heavy atom. The molecule has 1 aliphatic heterocycles. The van der Waals surface area contributed by atoms with Gasteiger partial charge in [-0.1, -0.05) is 71.4 Å². The van der Waals surface area contributed by atoms with Gasteiger partial charge in [-0.05, 0) is 53.8 Å². The van der Waals surface area contributed by atoms with E-state index in [4.69, 9.17) is 21.2 Å². The van der Waals surface area contributed by atoms with Crippen LogP contribution in [0.1, 0.15) is 35.3 Å². The van der Waals surface area contributed by atoms with Crippen LogP contribution in [-0.2, 0) is 11.2 Å². The van der Waals surface area contributed by atoms with E-state index in [9.17, 15) is 20.4 Å². The highest BCUT2D eigenvalue weighted by atomic mass is 35.5. The first kappa shape index (κ1) is 25.3. The molecule has 7 nitrogen and oxygen atoms in total. The molecule has 1 saturated heterocycles. The Morgan fingerprint density at radius 2 is 1.66 bits per heavy atom. The van der Waals surface area contributed by atoms with Crippen LogP contribution in [-0.4, -0.2) is 57.2 Å². The zero-order chi connectivity index (χ0) is 24.9. The lowest BCUT2D eigenvalue weighted by molar-refractivity contribution is -0.231. The van der Waals surface area contributed by atoms with Gasteiger partial charge in [-0.2, -0.15) is 0 Å². The molecule has 184 valence electrons. The van der Waals surface area contributed by atoms with E-state index in [1.165, 1.54) is 0 Å². The highest BCUT2D eigenvalue weighted by Crippen LogP contribution is 2.34. The van der Waals surface area contributed by atoms with Crippen LogP contribution in [0.3, 0.4) is 0 Å². The summed E-state index contributed by atoms with van der Waals surface area (Å²) in [6.45, 7) is 1.39. The summed E-state index contributed by atoms with van der Waals surface area (Å²) in [4.78, 5) is 5.46. The van der Waals surface area contributed by atoms with Crippen LogP contribution in [0.2, 0.25) is 5.02 Å². The molecule has 3 aromatic carbocycles. The Labute approximate surface area is 208 Å². The number of aliphatic hydroxyl groups is 4. The molecular weight excluding hydrogens is 470 g/mol. The van der Waals surface area contributed by atoms with E-state index in [0.29, 0.717) is 22.8 Å². The number of hydrogen-bond acceptors (Lipinski definition) is 7. The minimum atomic E-state index is -1.44. The lowest BCUT2D eigenvalue weighted by Crippen LogP contribution is -2.55. The van der Waals surface area contributed by atoms with Crippen molar-refractivity contribution in [1.82, 2.24) is 0 Å². The maximum absolute atomic E-state index is 10.5. The summed E-state index contributed by atoms with van der Waals surface area (Å²) < 4.78 is 5.68. The van der Waals surface area contributed by atoms with Crippen LogP contribution < -0.4 is 4.84 Å². The summed E-state index contributed by atoms with van der Waals surface area (Å²) in [6.07, 6.45) is -5.54. The molecular formula is C27H28ClNO6. The molecule has 0 unspecified atom stereocenters. The van der Waals surface area contributed by atoms with Gasteiger partial charge in [0.1, 0.15) is 30.5 Å². The van der Waals surface area contributed by atoms with Gasteiger partial charge in [0.15, 0.2) is 5.75 Å². The molecule has 0 spiro atoms.